The molecule has 2 aromatic carbocycles. The van der Waals surface area contributed by atoms with Gasteiger partial charge in [-0.05, 0) is 36.4 Å². The van der Waals surface area contributed by atoms with Crippen molar-refractivity contribution in [3.63, 3.8) is 0 Å². The first-order chi connectivity index (χ1) is 8.49. The van der Waals surface area contributed by atoms with E-state index in [2.05, 4.69) is 0 Å². The molecule has 0 spiro atoms. The molecule has 2 rings (SSSR count). The fourth-order valence-electron chi connectivity index (χ4n) is 1.34. The Balaban J connectivity index is 2.41. The maximum atomic E-state index is 12.2. The number of rotatable bonds is 2. The second-order valence-corrected chi connectivity index (χ2v) is 5.79. The van der Waals surface area contributed by atoms with Crippen LogP contribution in [0.5, 0.6) is 11.5 Å². The molecule has 0 unspecified atom stereocenters. The number of benzene rings is 2. The molecule has 0 aromatic heterocycles. The van der Waals surface area contributed by atoms with Crippen LogP contribution in [0.2, 0.25) is 10.0 Å². The van der Waals surface area contributed by atoms with Crippen molar-refractivity contribution < 1.29 is 14.4 Å². The quantitative estimate of drug-likeness (QED) is 0.891. The molecule has 0 atom stereocenters. The van der Waals surface area contributed by atoms with Gasteiger partial charge in [-0.3, -0.25) is 0 Å². The van der Waals surface area contributed by atoms with Crippen molar-refractivity contribution in [2.45, 2.75) is 9.79 Å². The molecule has 3 nitrogen and oxygen atoms in total. The Morgan fingerprint density at radius 2 is 1.22 bits per heavy atom. The summed E-state index contributed by atoms with van der Waals surface area (Å²) in [6.45, 7) is 0. The van der Waals surface area contributed by atoms with Crippen LogP contribution >= 0.6 is 23.2 Å². The molecule has 0 saturated carbocycles. The van der Waals surface area contributed by atoms with Crippen molar-refractivity contribution in [1.29, 1.82) is 0 Å². The first kappa shape index (κ1) is 13.2. The average Bonchev–Trinajstić information content (AvgIpc) is 2.35. The van der Waals surface area contributed by atoms with Gasteiger partial charge in [0.1, 0.15) is 11.5 Å². The second kappa shape index (κ2) is 5.18. The summed E-state index contributed by atoms with van der Waals surface area (Å²) in [4.78, 5) is 0.888. The van der Waals surface area contributed by atoms with E-state index in [0.29, 0.717) is 9.79 Å². The van der Waals surface area contributed by atoms with Gasteiger partial charge >= 0.3 is 0 Å². The predicted octanol–water partition coefficient (Wildman–Crippen LogP) is 3.57. The number of hydrogen-bond donors (Lipinski definition) is 2. The van der Waals surface area contributed by atoms with Crippen LogP contribution in [-0.2, 0) is 10.8 Å². The van der Waals surface area contributed by atoms with Gasteiger partial charge in [-0.2, -0.15) is 0 Å². The Labute approximate surface area is 116 Å². The van der Waals surface area contributed by atoms with Crippen LogP contribution in [0.25, 0.3) is 0 Å². The molecule has 94 valence electrons. The fourth-order valence-corrected chi connectivity index (χ4v) is 2.94. The van der Waals surface area contributed by atoms with E-state index in [1.807, 2.05) is 0 Å². The van der Waals surface area contributed by atoms with Crippen molar-refractivity contribution in [2.75, 3.05) is 0 Å². The molecule has 0 saturated heterocycles. The first-order valence-corrected chi connectivity index (χ1v) is 6.78. The van der Waals surface area contributed by atoms with E-state index >= 15 is 0 Å². The second-order valence-electron chi connectivity index (χ2n) is 3.50. The Hall–Kier alpha value is -1.23. The monoisotopic (exact) mass is 302 g/mol. The number of aromatic hydroxyl groups is 2. The summed E-state index contributed by atoms with van der Waals surface area (Å²) in [5.74, 6) is -0.137. The molecular weight excluding hydrogens is 295 g/mol. The SMILES string of the molecule is O=S(c1ccc(O)c(Cl)c1)c1ccc(O)c(Cl)c1. The minimum Gasteiger partial charge on any atom is -0.506 e. The Kier molecular flexibility index (Phi) is 3.80. The molecule has 0 aliphatic carbocycles. The van der Waals surface area contributed by atoms with Gasteiger partial charge in [-0.25, -0.2) is 4.21 Å². The van der Waals surface area contributed by atoms with Crippen LogP contribution < -0.4 is 0 Å². The zero-order valence-corrected chi connectivity index (χ0v) is 11.3. The summed E-state index contributed by atoms with van der Waals surface area (Å²) < 4.78 is 12.2. The van der Waals surface area contributed by atoms with Gasteiger partial charge in [0.15, 0.2) is 0 Å². The van der Waals surface area contributed by atoms with Crippen LogP contribution in [0, 0.1) is 0 Å². The van der Waals surface area contributed by atoms with Crippen molar-refractivity contribution in [1.82, 2.24) is 0 Å². The number of hydrogen-bond acceptors (Lipinski definition) is 3. The lowest BCUT2D eigenvalue weighted by Crippen LogP contribution is -1.92. The average molecular weight is 303 g/mol. The number of halogens is 2. The Morgan fingerprint density at radius 3 is 1.56 bits per heavy atom. The van der Waals surface area contributed by atoms with Gasteiger partial charge in [0.05, 0.1) is 20.8 Å². The van der Waals surface area contributed by atoms with Gasteiger partial charge in [0, 0.05) is 9.79 Å². The van der Waals surface area contributed by atoms with E-state index < -0.39 is 10.8 Å². The van der Waals surface area contributed by atoms with Crippen molar-refractivity contribution >= 4 is 34.0 Å². The third kappa shape index (κ3) is 2.61. The topological polar surface area (TPSA) is 57.5 Å². The highest BCUT2D eigenvalue weighted by molar-refractivity contribution is 7.85. The van der Waals surface area contributed by atoms with Gasteiger partial charge in [-0.1, -0.05) is 23.2 Å². The normalized spacial score (nSPS) is 10.8. The summed E-state index contributed by atoms with van der Waals surface area (Å²) in [5.41, 5.74) is 0. The minimum atomic E-state index is -1.48. The largest absolute Gasteiger partial charge is 0.506 e. The molecule has 6 heteroatoms. The Bertz CT molecular complexity index is 575. The highest BCUT2D eigenvalue weighted by Gasteiger charge is 2.11. The van der Waals surface area contributed by atoms with Crippen LogP contribution in [0.1, 0.15) is 0 Å². The molecule has 0 fully saturated rings. The summed E-state index contributed by atoms with van der Waals surface area (Å²) in [7, 11) is -1.48. The predicted molar refractivity (Wildman–Crippen MR) is 70.9 cm³/mol. The smallest absolute Gasteiger partial charge is 0.134 e. The van der Waals surface area contributed by atoms with Gasteiger partial charge in [0.25, 0.3) is 0 Å². The molecule has 0 aliphatic heterocycles. The highest BCUT2D eigenvalue weighted by atomic mass is 35.5. The molecule has 2 aromatic rings. The van der Waals surface area contributed by atoms with Gasteiger partial charge in [-0.15, -0.1) is 0 Å². The zero-order chi connectivity index (χ0) is 13.3. The van der Waals surface area contributed by atoms with E-state index in [-0.39, 0.29) is 21.5 Å². The molecule has 0 aliphatic rings. The van der Waals surface area contributed by atoms with E-state index in [1.165, 1.54) is 36.4 Å². The molecule has 0 bridgehead atoms. The van der Waals surface area contributed by atoms with Crippen molar-refractivity contribution in [3.8, 4) is 11.5 Å². The summed E-state index contributed by atoms with van der Waals surface area (Å²) >= 11 is 11.5. The van der Waals surface area contributed by atoms with Crippen molar-refractivity contribution in [2.24, 2.45) is 0 Å². The lowest BCUT2D eigenvalue weighted by atomic mass is 10.3. The molecule has 18 heavy (non-hydrogen) atoms. The van der Waals surface area contributed by atoms with Crippen LogP contribution in [0.3, 0.4) is 0 Å². The molecular formula is C12H8Cl2O3S. The molecule has 0 radical (unpaired) electrons. The van der Waals surface area contributed by atoms with E-state index in [1.54, 1.807) is 0 Å². The minimum absolute atomic E-state index is 0.0684. The Morgan fingerprint density at radius 1 is 0.833 bits per heavy atom. The van der Waals surface area contributed by atoms with Gasteiger partial charge < -0.3 is 10.2 Å². The van der Waals surface area contributed by atoms with E-state index in [0.717, 1.165) is 0 Å². The number of phenols is 2. The summed E-state index contributed by atoms with van der Waals surface area (Å²) in [6.07, 6.45) is 0. The van der Waals surface area contributed by atoms with Crippen LogP contribution in [-0.4, -0.2) is 14.4 Å². The third-order valence-corrected chi connectivity index (χ3v) is 4.24. The molecule has 2 N–H and O–H groups in total. The fraction of sp³-hybridized carbons (Fsp3) is 0. The maximum Gasteiger partial charge on any atom is 0.134 e. The zero-order valence-electron chi connectivity index (χ0n) is 8.93. The van der Waals surface area contributed by atoms with Crippen molar-refractivity contribution in [3.05, 3.63) is 46.4 Å². The van der Waals surface area contributed by atoms with Gasteiger partial charge in [0.2, 0.25) is 0 Å². The summed E-state index contributed by atoms with van der Waals surface area (Å²) in [5, 5.41) is 18.8. The van der Waals surface area contributed by atoms with Crippen LogP contribution in [0.15, 0.2) is 46.2 Å². The lowest BCUT2D eigenvalue weighted by Gasteiger charge is -2.05. The maximum absolute atomic E-state index is 12.2. The summed E-state index contributed by atoms with van der Waals surface area (Å²) in [6, 6.07) is 8.62. The lowest BCUT2D eigenvalue weighted by molar-refractivity contribution is 0.474. The van der Waals surface area contributed by atoms with E-state index in [9.17, 15) is 14.4 Å². The first-order valence-electron chi connectivity index (χ1n) is 4.88. The number of phenolic OH excluding ortho intramolecular Hbond substituents is 2. The van der Waals surface area contributed by atoms with E-state index in [4.69, 9.17) is 23.2 Å². The standard InChI is InChI=1S/C12H8Cl2O3S/c13-9-5-7(1-3-11(9)15)18(17)8-2-4-12(16)10(14)6-8/h1-6,15-16H. The highest BCUT2D eigenvalue weighted by Crippen LogP contribution is 2.30. The van der Waals surface area contributed by atoms with Crippen LogP contribution in [0.4, 0.5) is 0 Å². The third-order valence-electron chi connectivity index (χ3n) is 2.27. The molecule has 0 amide bonds. The molecule has 0 heterocycles.